The Labute approximate surface area is 92.1 Å². The lowest BCUT2D eigenvalue weighted by molar-refractivity contribution is 0.168. The van der Waals surface area contributed by atoms with Crippen LogP contribution in [0.4, 0.5) is 0 Å². The zero-order chi connectivity index (χ0) is 10.7. The molecule has 15 heavy (non-hydrogen) atoms. The van der Waals surface area contributed by atoms with Gasteiger partial charge in [0, 0.05) is 38.5 Å². The highest BCUT2D eigenvalue weighted by molar-refractivity contribution is 6.70. The van der Waals surface area contributed by atoms with Gasteiger partial charge in [0.2, 0.25) is 0 Å². The summed E-state index contributed by atoms with van der Waals surface area (Å²) in [5.41, 5.74) is 0.943. The van der Waals surface area contributed by atoms with Crippen molar-refractivity contribution in [2.24, 2.45) is 0 Å². The van der Waals surface area contributed by atoms with Gasteiger partial charge >= 0.3 is 8.56 Å². The monoisotopic (exact) mass is 232 g/mol. The molecule has 2 unspecified atom stereocenters. The van der Waals surface area contributed by atoms with Crippen molar-refractivity contribution in [3.05, 3.63) is 0 Å². The highest BCUT2D eigenvalue weighted by atomic mass is 28.4. The van der Waals surface area contributed by atoms with Crippen LogP contribution in [-0.2, 0) is 18.3 Å². The molecular weight excluding hydrogens is 212 g/mol. The molecule has 0 aliphatic carbocycles. The minimum Gasteiger partial charge on any atom is -0.397 e. The first-order valence-electron chi connectivity index (χ1n) is 5.59. The van der Waals surface area contributed by atoms with Gasteiger partial charge in [-0.2, -0.15) is 0 Å². The molecule has 2 atom stereocenters. The van der Waals surface area contributed by atoms with Gasteiger partial charge in [-0.15, -0.1) is 0 Å². The Morgan fingerprint density at radius 2 is 1.40 bits per heavy atom. The summed E-state index contributed by atoms with van der Waals surface area (Å²) in [6.45, 7) is 3.29. The molecule has 0 aromatic carbocycles. The van der Waals surface area contributed by atoms with Crippen LogP contribution in [0.15, 0.2) is 0 Å². The predicted octanol–water partition coefficient (Wildman–Crippen LogP) is 1.30. The summed E-state index contributed by atoms with van der Waals surface area (Å²) in [6.07, 6.45) is 2.15. The van der Waals surface area contributed by atoms with E-state index in [-0.39, 0.29) is 0 Å². The van der Waals surface area contributed by atoms with Crippen molar-refractivity contribution in [1.29, 1.82) is 0 Å². The Hall–Kier alpha value is 0.0569. The van der Waals surface area contributed by atoms with Gasteiger partial charge in [-0.05, 0) is 12.8 Å². The molecule has 2 rings (SSSR count). The molecule has 0 radical (unpaired) electrons. The van der Waals surface area contributed by atoms with Crippen LogP contribution < -0.4 is 0 Å². The molecule has 0 saturated carbocycles. The summed E-state index contributed by atoms with van der Waals surface area (Å²) in [5, 5.41) is 0. The molecule has 2 heterocycles. The van der Waals surface area contributed by atoms with Crippen LogP contribution >= 0.6 is 0 Å². The maximum atomic E-state index is 5.81. The first kappa shape index (κ1) is 11.5. The first-order valence-corrected chi connectivity index (χ1v) is 7.56. The zero-order valence-corrected chi connectivity index (χ0v) is 10.5. The molecule has 0 N–H and O–H groups in total. The molecule has 2 aliphatic heterocycles. The smallest absolute Gasteiger partial charge is 0.348 e. The van der Waals surface area contributed by atoms with E-state index >= 15 is 0 Å². The molecule has 5 heteroatoms. The van der Waals surface area contributed by atoms with Gasteiger partial charge < -0.3 is 18.3 Å². The van der Waals surface area contributed by atoms with Crippen LogP contribution in [-0.4, -0.2) is 49.2 Å². The van der Waals surface area contributed by atoms with Gasteiger partial charge in [0.1, 0.15) is 0 Å². The molecule has 88 valence electrons. The molecule has 2 saturated heterocycles. The van der Waals surface area contributed by atoms with Crippen molar-refractivity contribution in [1.82, 2.24) is 0 Å². The summed E-state index contributed by atoms with van der Waals surface area (Å²) in [5.74, 6) is 0. The lowest BCUT2D eigenvalue weighted by atomic mass is 10.4. The Bertz CT molecular complexity index is 178. The molecule has 4 nitrogen and oxygen atoms in total. The van der Waals surface area contributed by atoms with Crippen molar-refractivity contribution < 1.29 is 18.3 Å². The second kappa shape index (κ2) is 4.93. The fourth-order valence-corrected chi connectivity index (χ4v) is 6.69. The van der Waals surface area contributed by atoms with Crippen LogP contribution in [0.1, 0.15) is 12.8 Å². The summed E-state index contributed by atoms with van der Waals surface area (Å²) in [4.78, 5) is 0. The Kier molecular flexibility index (Phi) is 3.79. The van der Waals surface area contributed by atoms with Gasteiger partial charge in [-0.3, -0.25) is 0 Å². The third kappa shape index (κ3) is 1.99. The minimum atomic E-state index is -2.13. The van der Waals surface area contributed by atoms with Gasteiger partial charge in [0.25, 0.3) is 0 Å². The molecule has 0 spiro atoms. The number of ether oxygens (including phenoxy) is 2. The second-order valence-corrected chi connectivity index (χ2v) is 8.14. The first-order chi connectivity index (χ1) is 7.33. The molecule has 0 aromatic rings. The van der Waals surface area contributed by atoms with Crippen LogP contribution in [0.25, 0.3) is 0 Å². The van der Waals surface area contributed by atoms with Gasteiger partial charge in [0.05, 0.1) is 13.2 Å². The zero-order valence-electron chi connectivity index (χ0n) is 9.53. The van der Waals surface area contributed by atoms with Crippen LogP contribution in [0.2, 0.25) is 11.1 Å². The normalized spacial score (nSPS) is 32.4. The Morgan fingerprint density at radius 3 is 1.67 bits per heavy atom. The van der Waals surface area contributed by atoms with Crippen molar-refractivity contribution >= 4 is 8.56 Å². The summed E-state index contributed by atoms with van der Waals surface area (Å²) >= 11 is 0. The standard InChI is InChI=1S/C10H20O4Si/c1-11-15(12-2,9-3-5-13-7-9)10-4-6-14-8-10/h9-10H,3-8H2,1-2H3. The van der Waals surface area contributed by atoms with E-state index in [1.54, 1.807) is 14.2 Å². The van der Waals surface area contributed by atoms with Crippen molar-refractivity contribution in [3.63, 3.8) is 0 Å². The number of hydrogen-bond acceptors (Lipinski definition) is 4. The van der Waals surface area contributed by atoms with Crippen LogP contribution in [0, 0.1) is 0 Å². The fourth-order valence-electron chi connectivity index (χ4n) is 2.79. The average Bonchev–Trinajstić information content (AvgIpc) is 2.92. The van der Waals surface area contributed by atoms with Crippen molar-refractivity contribution in [2.45, 2.75) is 23.9 Å². The number of rotatable bonds is 4. The molecular formula is C10H20O4Si. The topological polar surface area (TPSA) is 36.9 Å². The van der Waals surface area contributed by atoms with Crippen molar-refractivity contribution in [2.75, 3.05) is 40.6 Å². The lowest BCUT2D eigenvalue weighted by Gasteiger charge is -2.36. The van der Waals surface area contributed by atoms with Gasteiger partial charge in [-0.1, -0.05) is 0 Å². The maximum absolute atomic E-state index is 5.81. The van der Waals surface area contributed by atoms with E-state index in [1.165, 1.54) is 0 Å². The predicted molar refractivity (Wildman–Crippen MR) is 58.1 cm³/mol. The van der Waals surface area contributed by atoms with Crippen molar-refractivity contribution in [3.8, 4) is 0 Å². The van der Waals surface area contributed by atoms with E-state index < -0.39 is 8.56 Å². The summed E-state index contributed by atoms with van der Waals surface area (Å²) in [6, 6.07) is 0. The van der Waals surface area contributed by atoms with E-state index in [0.29, 0.717) is 11.1 Å². The van der Waals surface area contributed by atoms with E-state index in [1.807, 2.05) is 0 Å². The highest BCUT2D eigenvalue weighted by Gasteiger charge is 2.53. The Balaban J connectivity index is 2.13. The van der Waals surface area contributed by atoms with Gasteiger partial charge in [0.15, 0.2) is 0 Å². The molecule has 0 aromatic heterocycles. The maximum Gasteiger partial charge on any atom is 0.348 e. The molecule has 0 bridgehead atoms. The van der Waals surface area contributed by atoms with E-state index in [2.05, 4.69) is 0 Å². The average molecular weight is 232 g/mol. The van der Waals surface area contributed by atoms with Crippen LogP contribution in [0.3, 0.4) is 0 Å². The molecule has 2 aliphatic rings. The largest absolute Gasteiger partial charge is 0.397 e. The van der Waals surface area contributed by atoms with E-state index in [0.717, 1.165) is 39.3 Å². The Morgan fingerprint density at radius 1 is 0.933 bits per heavy atom. The molecule has 2 fully saturated rings. The van der Waals surface area contributed by atoms with E-state index in [9.17, 15) is 0 Å². The highest BCUT2D eigenvalue weighted by Crippen LogP contribution is 2.42. The SMILES string of the molecule is CO[Si](OC)(C1CCOC1)C1CCOC1. The fraction of sp³-hybridized carbons (Fsp3) is 1.00. The minimum absolute atomic E-state index is 0.471. The summed E-state index contributed by atoms with van der Waals surface area (Å²) in [7, 11) is 1.44. The quantitative estimate of drug-likeness (QED) is 0.685. The summed E-state index contributed by atoms with van der Waals surface area (Å²) < 4.78 is 22.5. The molecule has 0 amide bonds. The third-order valence-corrected chi connectivity index (χ3v) is 8.10. The number of hydrogen-bond donors (Lipinski definition) is 0. The second-order valence-electron chi connectivity index (χ2n) is 4.25. The third-order valence-electron chi connectivity index (χ3n) is 3.64. The van der Waals surface area contributed by atoms with E-state index in [4.69, 9.17) is 18.3 Å². The van der Waals surface area contributed by atoms with Crippen LogP contribution in [0.5, 0.6) is 0 Å². The van der Waals surface area contributed by atoms with Gasteiger partial charge in [-0.25, -0.2) is 0 Å². The lowest BCUT2D eigenvalue weighted by Crippen LogP contribution is -2.50.